The van der Waals surface area contributed by atoms with E-state index in [1.165, 1.54) is 12.8 Å². The van der Waals surface area contributed by atoms with E-state index >= 15 is 0 Å². The lowest BCUT2D eigenvalue weighted by molar-refractivity contribution is 0.123. The van der Waals surface area contributed by atoms with E-state index in [1.807, 2.05) is 13.0 Å². The summed E-state index contributed by atoms with van der Waals surface area (Å²) in [5.41, 5.74) is 7.35. The fourth-order valence-corrected chi connectivity index (χ4v) is 2.26. The van der Waals surface area contributed by atoms with Gasteiger partial charge in [0.05, 0.1) is 5.69 Å². The number of aryl methyl sites for hydroxylation is 1. The molecular weight excluding hydrogens is 214 g/mol. The molecule has 1 aliphatic rings. The number of rotatable bonds is 3. The fraction of sp³-hybridized carbons (Fsp3) is 0.692. The van der Waals surface area contributed by atoms with Crippen molar-refractivity contribution in [1.29, 1.82) is 0 Å². The third kappa shape index (κ3) is 3.40. The van der Waals surface area contributed by atoms with Crippen LogP contribution in [-0.4, -0.2) is 16.1 Å². The van der Waals surface area contributed by atoms with Crippen LogP contribution >= 0.6 is 0 Å². The molecule has 1 fully saturated rings. The van der Waals surface area contributed by atoms with Crippen LogP contribution in [0.3, 0.4) is 0 Å². The van der Waals surface area contributed by atoms with Crippen LogP contribution in [0.5, 0.6) is 6.01 Å². The fourth-order valence-electron chi connectivity index (χ4n) is 2.26. The van der Waals surface area contributed by atoms with Gasteiger partial charge in [0.1, 0.15) is 6.10 Å². The first-order chi connectivity index (χ1) is 8.17. The molecule has 4 nitrogen and oxygen atoms in total. The van der Waals surface area contributed by atoms with Crippen molar-refractivity contribution in [2.45, 2.75) is 52.2 Å². The summed E-state index contributed by atoms with van der Waals surface area (Å²) in [7, 11) is 0. The van der Waals surface area contributed by atoms with E-state index in [2.05, 4.69) is 16.9 Å². The second-order valence-electron chi connectivity index (χ2n) is 4.99. The molecule has 2 rings (SSSR count). The van der Waals surface area contributed by atoms with Crippen molar-refractivity contribution in [1.82, 2.24) is 9.97 Å². The number of nitrogens with zero attached hydrogens (tertiary/aromatic N) is 2. The minimum Gasteiger partial charge on any atom is -0.460 e. The maximum absolute atomic E-state index is 5.85. The number of hydrogen-bond donors (Lipinski definition) is 1. The third-order valence-corrected chi connectivity index (χ3v) is 3.33. The van der Waals surface area contributed by atoms with Gasteiger partial charge in [-0.3, -0.25) is 0 Å². The lowest BCUT2D eigenvalue weighted by atomic mass is 9.89. The Hall–Kier alpha value is -1.16. The zero-order valence-corrected chi connectivity index (χ0v) is 10.6. The Kier molecular flexibility index (Phi) is 3.94. The first-order valence-corrected chi connectivity index (χ1v) is 6.38. The average molecular weight is 235 g/mol. The Morgan fingerprint density at radius 1 is 1.29 bits per heavy atom. The Morgan fingerprint density at radius 3 is 2.65 bits per heavy atom. The monoisotopic (exact) mass is 235 g/mol. The summed E-state index contributed by atoms with van der Waals surface area (Å²) in [6.45, 7) is 4.67. The van der Waals surface area contributed by atoms with Crippen LogP contribution in [0.1, 0.15) is 44.0 Å². The average Bonchev–Trinajstić information content (AvgIpc) is 2.31. The smallest absolute Gasteiger partial charge is 0.317 e. The van der Waals surface area contributed by atoms with Crippen molar-refractivity contribution in [3.63, 3.8) is 0 Å². The highest BCUT2D eigenvalue weighted by Gasteiger charge is 2.20. The summed E-state index contributed by atoms with van der Waals surface area (Å²) < 4.78 is 5.85. The molecule has 0 aromatic carbocycles. The number of nitrogens with two attached hydrogens (primary N) is 1. The molecule has 94 valence electrons. The SMILES string of the molecule is Cc1cc(CN)nc(OC2CCC(C)CC2)n1. The van der Waals surface area contributed by atoms with Crippen LogP contribution in [-0.2, 0) is 6.54 Å². The zero-order chi connectivity index (χ0) is 12.3. The van der Waals surface area contributed by atoms with Crippen molar-refractivity contribution in [2.24, 2.45) is 11.7 Å². The lowest BCUT2D eigenvalue weighted by Gasteiger charge is -2.26. The lowest BCUT2D eigenvalue weighted by Crippen LogP contribution is -2.24. The molecule has 0 bridgehead atoms. The Balaban J connectivity index is 2.00. The van der Waals surface area contributed by atoms with Gasteiger partial charge in [0.2, 0.25) is 0 Å². The predicted molar refractivity (Wildman–Crippen MR) is 66.7 cm³/mol. The van der Waals surface area contributed by atoms with Gasteiger partial charge in [0, 0.05) is 12.2 Å². The molecule has 1 saturated carbocycles. The predicted octanol–water partition coefficient (Wildman–Crippen LogP) is 2.20. The van der Waals surface area contributed by atoms with Gasteiger partial charge >= 0.3 is 6.01 Å². The van der Waals surface area contributed by atoms with Crippen molar-refractivity contribution in [2.75, 3.05) is 0 Å². The molecule has 0 aliphatic heterocycles. The Morgan fingerprint density at radius 2 is 2.00 bits per heavy atom. The van der Waals surface area contributed by atoms with E-state index < -0.39 is 0 Å². The van der Waals surface area contributed by atoms with Gasteiger partial charge in [-0.25, -0.2) is 4.98 Å². The van der Waals surface area contributed by atoms with Gasteiger partial charge < -0.3 is 10.5 Å². The minimum absolute atomic E-state index is 0.277. The summed E-state index contributed by atoms with van der Waals surface area (Å²) in [5, 5.41) is 0. The maximum Gasteiger partial charge on any atom is 0.317 e. The van der Waals surface area contributed by atoms with Gasteiger partial charge in [-0.15, -0.1) is 0 Å². The molecule has 1 heterocycles. The second-order valence-corrected chi connectivity index (χ2v) is 4.99. The first kappa shape index (κ1) is 12.3. The van der Waals surface area contributed by atoms with Crippen LogP contribution < -0.4 is 10.5 Å². The molecule has 17 heavy (non-hydrogen) atoms. The molecule has 1 aliphatic carbocycles. The van der Waals surface area contributed by atoms with Gasteiger partial charge in [-0.2, -0.15) is 4.98 Å². The van der Waals surface area contributed by atoms with Crippen molar-refractivity contribution >= 4 is 0 Å². The summed E-state index contributed by atoms with van der Waals surface area (Å²) in [6.07, 6.45) is 4.96. The van der Waals surface area contributed by atoms with E-state index in [1.54, 1.807) is 0 Å². The van der Waals surface area contributed by atoms with Gasteiger partial charge in [-0.1, -0.05) is 6.92 Å². The van der Waals surface area contributed by atoms with Crippen molar-refractivity contribution < 1.29 is 4.74 Å². The molecule has 0 atom stereocenters. The molecule has 2 N–H and O–H groups in total. The zero-order valence-electron chi connectivity index (χ0n) is 10.6. The normalized spacial score (nSPS) is 24.6. The number of hydrogen-bond acceptors (Lipinski definition) is 4. The molecule has 0 saturated heterocycles. The standard InChI is InChI=1S/C13H21N3O/c1-9-3-5-12(6-4-9)17-13-15-10(2)7-11(8-14)16-13/h7,9,12H,3-6,8,14H2,1-2H3. The molecule has 1 aromatic rings. The highest BCUT2D eigenvalue weighted by Crippen LogP contribution is 2.26. The molecule has 4 heteroatoms. The molecule has 1 aromatic heterocycles. The van der Waals surface area contributed by atoms with Crippen LogP contribution in [0.25, 0.3) is 0 Å². The van der Waals surface area contributed by atoms with E-state index in [9.17, 15) is 0 Å². The van der Waals surface area contributed by atoms with Gasteiger partial charge in [0.15, 0.2) is 0 Å². The third-order valence-electron chi connectivity index (χ3n) is 3.33. The van der Waals surface area contributed by atoms with Crippen LogP contribution in [0.15, 0.2) is 6.07 Å². The number of aromatic nitrogens is 2. The summed E-state index contributed by atoms with van der Waals surface area (Å²) >= 11 is 0. The quantitative estimate of drug-likeness (QED) is 0.872. The largest absolute Gasteiger partial charge is 0.460 e. The first-order valence-electron chi connectivity index (χ1n) is 6.38. The molecular formula is C13H21N3O. The van der Waals surface area contributed by atoms with Crippen molar-refractivity contribution in [3.05, 3.63) is 17.5 Å². The van der Waals surface area contributed by atoms with Crippen molar-refractivity contribution in [3.8, 4) is 6.01 Å². The highest BCUT2D eigenvalue weighted by molar-refractivity contribution is 5.12. The second kappa shape index (κ2) is 5.45. The van der Waals surface area contributed by atoms with E-state index in [0.29, 0.717) is 12.6 Å². The maximum atomic E-state index is 5.85. The Bertz CT molecular complexity index is 373. The van der Waals surface area contributed by atoms with Crippen LogP contribution in [0, 0.1) is 12.8 Å². The minimum atomic E-state index is 0.277. The summed E-state index contributed by atoms with van der Waals surface area (Å²) in [5.74, 6) is 0.827. The van der Waals surface area contributed by atoms with E-state index in [-0.39, 0.29) is 6.10 Å². The van der Waals surface area contributed by atoms with E-state index in [4.69, 9.17) is 10.5 Å². The topological polar surface area (TPSA) is 61.0 Å². The van der Waals surface area contributed by atoms with Gasteiger partial charge in [-0.05, 0) is 44.6 Å². The van der Waals surface area contributed by atoms with Gasteiger partial charge in [0.25, 0.3) is 0 Å². The summed E-state index contributed by atoms with van der Waals surface area (Å²) in [6, 6.07) is 2.39. The molecule has 0 amide bonds. The Labute approximate surface area is 103 Å². The van der Waals surface area contributed by atoms with E-state index in [0.717, 1.165) is 30.1 Å². The summed E-state index contributed by atoms with van der Waals surface area (Å²) in [4.78, 5) is 8.61. The highest BCUT2D eigenvalue weighted by atomic mass is 16.5. The molecule has 0 unspecified atom stereocenters. The molecule has 0 spiro atoms. The van der Waals surface area contributed by atoms with Crippen LogP contribution in [0.2, 0.25) is 0 Å². The number of ether oxygens (including phenoxy) is 1. The molecule has 0 radical (unpaired) electrons. The van der Waals surface area contributed by atoms with Crippen LogP contribution in [0.4, 0.5) is 0 Å².